The lowest BCUT2D eigenvalue weighted by atomic mass is 9.84. The molecule has 0 saturated carbocycles. The Morgan fingerprint density at radius 2 is 1.44 bits per heavy atom. The van der Waals surface area contributed by atoms with Crippen LogP contribution in [0.5, 0.6) is 0 Å². The van der Waals surface area contributed by atoms with Crippen LogP contribution in [0.1, 0.15) is 84.6 Å². The molecule has 1 aromatic carbocycles. The van der Waals surface area contributed by atoms with Crippen LogP contribution in [0, 0.1) is 17.8 Å². The molecule has 0 aliphatic carbocycles. The molecule has 0 heterocycles. The standard InChI is InChI=1S/C21H36O3S/c1-6-16(2)8-7-9-17(3)18(4)10-11-19(5)20-12-14-21(15-13-20)25(22,23)24/h12-19H,6-11H2,1-5H3,(H,22,23,24). The van der Waals surface area contributed by atoms with Crippen LogP contribution in [-0.4, -0.2) is 13.0 Å². The summed E-state index contributed by atoms with van der Waals surface area (Å²) in [5.41, 5.74) is 1.13. The summed E-state index contributed by atoms with van der Waals surface area (Å²) in [4.78, 5) is -0.0354. The zero-order valence-corrected chi connectivity index (χ0v) is 17.3. The van der Waals surface area contributed by atoms with Crippen molar-refractivity contribution in [1.29, 1.82) is 0 Å². The fraction of sp³-hybridized carbons (Fsp3) is 0.714. The zero-order valence-electron chi connectivity index (χ0n) is 16.5. The Kier molecular flexibility index (Phi) is 9.15. The van der Waals surface area contributed by atoms with Gasteiger partial charge in [0.2, 0.25) is 0 Å². The Morgan fingerprint density at radius 1 is 0.880 bits per heavy atom. The Bertz CT molecular complexity index is 592. The maximum absolute atomic E-state index is 11.1. The van der Waals surface area contributed by atoms with Crippen LogP contribution in [0.2, 0.25) is 0 Å². The monoisotopic (exact) mass is 368 g/mol. The number of rotatable bonds is 11. The molecule has 0 amide bonds. The summed E-state index contributed by atoms with van der Waals surface area (Å²) in [5, 5.41) is 0. The molecule has 4 unspecified atom stereocenters. The van der Waals surface area contributed by atoms with Crippen LogP contribution in [0.15, 0.2) is 29.2 Å². The lowest BCUT2D eigenvalue weighted by molar-refractivity contribution is 0.312. The fourth-order valence-corrected chi connectivity index (χ4v) is 3.69. The van der Waals surface area contributed by atoms with Crippen LogP contribution in [0.3, 0.4) is 0 Å². The third-order valence-electron chi connectivity index (χ3n) is 5.83. The lowest BCUT2D eigenvalue weighted by Gasteiger charge is -2.22. The number of hydrogen-bond acceptors (Lipinski definition) is 2. The van der Waals surface area contributed by atoms with Gasteiger partial charge in [-0.05, 0) is 54.2 Å². The van der Waals surface area contributed by atoms with Gasteiger partial charge in [-0.25, -0.2) is 0 Å². The normalized spacial score (nSPS) is 17.0. The smallest absolute Gasteiger partial charge is 0.282 e. The Balaban J connectivity index is 2.43. The predicted molar refractivity (Wildman–Crippen MR) is 106 cm³/mol. The van der Waals surface area contributed by atoms with E-state index in [0.29, 0.717) is 11.8 Å². The van der Waals surface area contributed by atoms with Crippen molar-refractivity contribution in [3.63, 3.8) is 0 Å². The maximum Gasteiger partial charge on any atom is 0.294 e. The summed E-state index contributed by atoms with van der Waals surface area (Å²) in [7, 11) is -4.10. The molecular weight excluding hydrogens is 332 g/mol. The summed E-state index contributed by atoms with van der Waals surface area (Å²) < 4.78 is 31.3. The molecule has 0 radical (unpaired) electrons. The van der Waals surface area contributed by atoms with E-state index in [1.54, 1.807) is 0 Å². The van der Waals surface area contributed by atoms with Gasteiger partial charge in [0.25, 0.3) is 10.1 Å². The maximum atomic E-state index is 11.1. The molecule has 0 aliphatic rings. The van der Waals surface area contributed by atoms with Crippen molar-refractivity contribution in [2.75, 3.05) is 0 Å². The van der Waals surface area contributed by atoms with E-state index < -0.39 is 10.1 Å². The van der Waals surface area contributed by atoms with E-state index in [4.69, 9.17) is 4.55 Å². The first-order chi connectivity index (χ1) is 11.6. The molecule has 1 N–H and O–H groups in total. The highest BCUT2D eigenvalue weighted by atomic mass is 32.2. The molecule has 4 heteroatoms. The molecule has 4 atom stereocenters. The van der Waals surface area contributed by atoms with Crippen LogP contribution in [0.4, 0.5) is 0 Å². The van der Waals surface area contributed by atoms with Gasteiger partial charge in [0.15, 0.2) is 0 Å². The van der Waals surface area contributed by atoms with Gasteiger partial charge in [-0.1, -0.05) is 72.4 Å². The average Bonchev–Trinajstić information content (AvgIpc) is 2.58. The number of hydrogen-bond donors (Lipinski definition) is 1. The molecule has 1 aromatic rings. The van der Waals surface area contributed by atoms with Gasteiger partial charge in [-0.2, -0.15) is 8.42 Å². The Labute approximate surface area is 155 Å². The first-order valence-electron chi connectivity index (χ1n) is 9.72. The van der Waals surface area contributed by atoms with Crippen molar-refractivity contribution in [3.05, 3.63) is 29.8 Å². The minimum atomic E-state index is -4.10. The average molecular weight is 369 g/mol. The summed E-state index contributed by atoms with van der Waals surface area (Å²) in [6.07, 6.45) is 7.53. The SMILES string of the molecule is CCC(C)CCCC(C)C(C)CCC(C)c1ccc(S(=O)(=O)O)cc1. The molecule has 3 nitrogen and oxygen atoms in total. The second-order valence-corrected chi connectivity index (χ2v) is 9.34. The second kappa shape index (κ2) is 10.3. The van der Waals surface area contributed by atoms with Crippen molar-refractivity contribution in [2.45, 2.75) is 84.0 Å². The highest BCUT2D eigenvalue weighted by Crippen LogP contribution is 2.29. The van der Waals surface area contributed by atoms with E-state index >= 15 is 0 Å². The van der Waals surface area contributed by atoms with Gasteiger partial charge in [-0.15, -0.1) is 0 Å². The summed E-state index contributed by atoms with van der Waals surface area (Å²) in [5.74, 6) is 2.69. The summed E-state index contributed by atoms with van der Waals surface area (Å²) >= 11 is 0. The predicted octanol–water partition coefficient (Wildman–Crippen LogP) is 6.31. The summed E-state index contributed by atoms with van der Waals surface area (Å²) in [6.45, 7) is 11.5. The molecule has 0 aliphatic heterocycles. The number of benzene rings is 1. The molecule has 0 bridgehead atoms. The van der Waals surface area contributed by atoms with E-state index in [1.807, 2.05) is 12.1 Å². The van der Waals surface area contributed by atoms with Crippen molar-refractivity contribution in [1.82, 2.24) is 0 Å². The first kappa shape index (κ1) is 22.2. The molecule has 1 rings (SSSR count). The lowest BCUT2D eigenvalue weighted by Crippen LogP contribution is -2.10. The topological polar surface area (TPSA) is 54.4 Å². The van der Waals surface area contributed by atoms with Crippen LogP contribution >= 0.6 is 0 Å². The van der Waals surface area contributed by atoms with Crippen molar-refractivity contribution in [3.8, 4) is 0 Å². The highest BCUT2D eigenvalue weighted by Gasteiger charge is 2.16. The third-order valence-corrected chi connectivity index (χ3v) is 6.69. The molecule has 0 fully saturated rings. The largest absolute Gasteiger partial charge is 0.294 e. The highest BCUT2D eigenvalue weighted by molar-refractivity contribution is 7.85. The Morgan fingerprint density at radius 3 is 1.96 bits per heavy atom. The minimum Gasteiger partial charge on any atom is -0.282 e. The van der Waals surface area contributed by atoms with E-state index in [1.165, 1.54) is 44.2 Å². The van der Waals surface area contributed by atoms with Crippen LogP contribution < -0.4 is 0 Å². The van der Waals surface area contributed by atoms with Crippen molar-refractivity contribution in [2.24, 2.45) is 17.8 Å². The first-order valence-corrected chi connectivity index (χ1v) is 11.2. The fourth-order valence-electron chi connectivity index (χ4n) is 3.21. The van der Waals surface area contributed by atoms with Gasteiger partial charge in [0.1, 0.15) is 0 Å². The molecule has 0 aromatic heterocycles. The second-order valence-electron chi connectivity index (χ2n) is 7.92. The van der Waals surface area contributed by atoms with E-state index in [-0.39, 0.29) is 4.90 Å². The van der Waals surface area contributed by atoms with Gasteiger partial charge in [0.05, 0.1) is 4.90 Å². The Hall–Kier alpha value is -0.870. The van der Waals surface area contributed by atoms with Crippen molar-refractivity contribution < 1.29 is 13.0 Å². The quantitative estimate of drug-likeness (QED) is 0.466. The van der Waals surface area contributed by atoms with Gasteiger partial charge in [0, 0.05) is 0 Å². The van der Waals surface area contributed by atoms with Gasteiger partial charge >= 0.3 is 0 Å². The molecule has 144 valence electrons. The molecule has 25 heavy (non-hydrogen) atoms. The van der Waals surface area contributed by atoms with Crippen LogP contribution in [-0.2, 0) is 10.1 Å². The zero-order chi connectivity index (χ0) is 19.0. The summed E-state index contributed by atoms with van der Waals surface area (Å²) in [6, 6.07) is 6.60. The van der Waals surface area contributed by atoms with Gasteiger partial charge < -0.3 is 0 Å². The van der Waals surface area contributed by atoms with E-state index in [0.717, 1.165) is 23.8 Å². The minimum absolute atomic E-state index is 0.0354. The van der Waals surface area contributed by atoms with E-state index in [2.05, 4.69) is 34.6 Å². The third kappa shape index (κ3) is 7.91. The molecular formula is C21H36O3S. The van der Waals surface area contributed by atoms with Crippen molar-refractivity contribution >= 4 is 10.1 Å². The molecule has 0 spiro atoms. The van der Waals surface area contributed by atoms with Gasteiger partial charge in [-0.3, -0.25) is 4.55 Å². The van der Waals surface area contributed by atoms with Crippen LogP contribution in [0.25, 0.3) is 0 Å². The molecule has 0 saturated heterocycles. The van der Waals surface area contributed by atoms with E-state index in [9.17, 15) is 8.42 Å².